The standard InChI is InChI=1S/C21H23N5O2/c1-14(2)21(27)26-16-7-4-6-15(10-16)24-19-12-20(23-13-22-19)25-17-8-5-9-18(11-17)28-3/h4-14H,1-3H3,(H,26,27)(H2,22,23,24,25). The molecule has 3 aromatic rings. The third kappa shape index (κ3) is 5.20. The minimum absolute atomic E-state index is 0.0241. The third-order valence-electron chi connectivity index (χ3n) is 3.94. The second-order valence-electron chi connectivity index (χ2n) is 6.50. The van der Waals surface area contributed by atoms with Crippen molar-refractivity contribution in [1.82, 2.24) is 9.97 Å². The van der Waals surface area contributed by atoms with Gasteiger partial charge in [0.15, 0.2) is 0 Å². The number of amides is 1. The van der Waals surface area contributed by atoms with Crippen molar-refractivity contribution >= 4 is 34.6 Å². The van der Waals surface area contributed by atoms with Gasteiger partial charge in [0.05, 0.1) is 7.11 Å². The lowest BCUT2D eigenvalue weighted by atomic mass is 10.2. The highest BCUT2D eigenvalue weighted by Crippen LogP contribution is 2.23. The number of methoxy groups -OCH3 is 1. The number of anilines is 5. The monoisotopic (exact) mass is 377 g/mol. The lowest BCUT2D eigenvalue weighted by Crippen LogP contribution is -2.17. The summed E-state index contributed by atoms with van der Waals surface area (Å²) in [5, 5.41) is 9.34. The van der Waals surface area contributed by atoms with Crippen LogP contribution >= 0.6 is 0 Å². The van der Waals surface area contributed by atoms with Gasteiger partial charge in [0.1, 0.15) is 23.7 Å². The first-order valence-corrected chi connectivity index (χ1v) is 8.94. The molecule has 7 heteroatoms. The Hall–Kier alpha value is -3.61. The quantitative estimate of drug-likeness (QED) is 0.559. The van der Waals surface area contributed by atoms with Crippen LogP contribution in [0.5, 0.6) is 5.75 Å². The Morgan fingerprint density at radius 3 is 2.14 bits per heavy atom. The molecule has 0 saturated carbocycles. The van der Waals surface area contributed by atoms with E-state index in [1.807, 2.05) is 62.4 Å². The summed E-state index contributed by atoms with van der Waals surface area (Å²) in [6.07, 6.45) is 1.48. The fourth-order valence-corrected chi connectivity index (χ4v) is 2.45. The van der Waals surface area contributed by atoms with E-state index in [2.05, 4.69) is 25.9 Å². The summed E-state index contributed by atoms with van der Waals surface area (Å²) >= 11 is 0. The molecule has 28 heavy (non-hydrogen) atoms. The van der Waals surface area contributed by atoms with Crippen LogP contribution in [0.4, 0.5) is 28.7 Å². The summed E-state index contributed by atoms with van der Waals surface area (Å²) < 4.78 is 5.23. The first-order valence-electron chi connectivity index (χ1n) is 8.94. The maximum atomic E-state index is 11.9. The van der Waals surface area contributed by atoms with Crippen molar-refractivity contribution in [2.24, 2.45) is 5.92 Å². The molecule has 0 saturated heterocycles. The number of ether oxygens (including phenoxy) is 1. The molecule has 7 nitrogen and oxygen atoms in total. The van der Waals surface area contributed by atoms with E-state index in [0.29, 0.717) is 11.6 Å². The smallest absolute Gasteiger partial charge is 0.226 e. The SMILES string of the molecule is COc1cccc(Nc2cc(Nc3cccc(NC(=O)C(C)C)c3)ncn2)c1. The molecular weight excluding hydrogens is 354 g/mol. The molecule has 3 N–H and O–H groups in total. The lowest BCUT2D eigenvalue weighted by Gasteiger charge is -2.11. The molecule has 1 amide bonds. The van der Waals surface area contributed by atoms with E-state index < -0.39 is 0 Å². The van der Waals surface area contributed by atoms with Gasteiger partial charge in [-0.15, -0.1) is 0 Å². The van der Waals surface area contributed by atoms with Gasteiger partial charge in [-0.1, -0.05) is 26.0 Å². The van der Waals surface area contributed by atoms with Crippen molar-refractivity contribution in [3.8, 4) is 5.75 Å². The number of aromatic nitrogens is 2. The van der Waals surface area contributed by atoms with Crippen LogP contribution in [0.3, 0.4) is 0 Å². The van der Waals surface area contributed by atoms with Gasteiger partial charge in [-0.2, -0.15) is 0 Å². The van der Waals surface area contributed by atoms with E-state index in [4.69, 9.17) is 4.74 Å². The predicted molar refractivity (Wildman–Crippen MR) is 112 cm³/mol. The fraction of sp³-hybridized carbons (Fsp3) is 0.190. The summed E-state index contributed by atoms with van der Waals surface area (Å²) in [4.78, 5) is 20.4. The molecule has 0 radical (unpaired) electrons. The van der Waals surface area contributed by atoms with E-state index >= 15 is 0 Å². The summed E-state index contributed by atoms with van der Waals surface area (Å²) in [6, 6.07) is 16.9. The summed E-state index contributed by atoms with van der Waals surface area (Å²) in [5.41, 5.74) is 2.41. The van der Waals surface area contributed by atoms with Crippen LogP contribution in [-0.4, -0.2) is 23.0 Å². The molecule has 0 aliphatic rings. The first-order chi connectivity index (χ1) is 13.5. The Balaban J connectivity index is 1.71. The number of nitrogens with zero attached hydrogens (tertiary/aromatic N) is 2. The zero-order valence-electron chi connectivity index (χ0n) is 16.1. The van der Waals surface area contributed by atoms with Crippen molar-refractivity contribution in [1.29, 1.82) is 0 Å². The van der Waals surface area contributed by atoms with Crippen LogP contribution in [0.15, 0.2) is 60.9 Å². The molecule has 0 spiro atoms. The number of carbonyl (C=O) groups is 1. The molecule has 0 fully saturated rings. The number of benzene rings is 2. The van der Waals surface area contributed by atoms with Crippen molar-refractivity contribution in [2.75, 3.05) is 23.1 Å². The minimum atomic E-state index is -0.0799. The van der Waals surface area contributed by atoms with Gasteiger partial charge in [-0.05, 0) is 30.3 Å². The minimum Gasteiger partial charge on any atom is -0.497 e. The largest absolute Gasteiger partial charge is 0.497 e. The molecule has 1 heterocycles. The lowest BCUT2D eigenvalue weighted by molar-refractivity contribution is -0.118. The van der Waals surface area contributed by atoms with Gasteiger partial charge in [0.2, 0.25) is 5.91 Å². The van der Waals surface area contributed by atoms with E-state index in [-0.39, 0.29) is 11.8 Å². The molecule has 0 aliphatic carbocycles. The van der Waals surface area contributed by atoms with Crippen molar-refractivity contribution in [3.63, 3.8) is 0 Å². The van der Waals surface area contributed by atoms with Crippen molar-refractivity contribution in [3.05, 3.63) is 60.9 Å². The van der Waals surface area contributed by atoms with Gasteiger partial charge in [0, 0.05) is 35.1 Å². The van der Waals surface area contributed by atoms with Gasteiger partial charge in [-0.3, -0.25) is 4.79 Å². The molecular formula is C21H23N5O2. The number of hydrogen-bond acceptors (Lipinski definition) is 6. The number of nitrogens with one attached hydrogen (secondary N) is 3. The number of rotatable bonds is 7. The van der Waals surface area contributed by atoms with Crippen molar-refractivity contribution < 1.29 is 9.53 Å². The molecule has 0 atom stereocenters. The highest BCUT2D eigenvalue weighted by atomic mass is 16.5. The van der Waals surface area contributed by atoms with Crippen LogP contribution in [0.25, 0.3) is 0 Å². The fourth-order valence-electron chi connectivity index (χ4n) is 2.45. The van der Waals surface area contributed by atoms with E-state index in [9.17, 15) is 4.79 Å². The van der Waals surface area contributed by atoms with Crippen molar-refractivity contribution in [2.45, 2.75) is 13.8 Å². The van der Waals surface area contributed by atoms with Crippen LogP contribution in [-0.2, 0) is 4.79 Å². The molecule has 0 bridgehead atoms. The molecule has 0 aliphatic heterocycles. The normalized spacial score (nSPS) is 10.4. The molecule has 3 rings (SSSR count). The average Bonchev–Trinajstić information content (AvgIpc) is 2.68. The Kier molecular flexibility index (Phi) is 6.06. The molecule has 144 valence electrons. The second-order valence-corrected chi connectivity index (χ2v) is 6.50. The summed E-state index contributed by atoms with van der Waals surface area (Å²) in [5.74, 6) is 1.94. The predicted octanol–water partition coefficient (Wildman–Crippen LogP) is 4.57. The first kappa shape index (κ1) is 19.2. The molecule has 0 unspecified atom stereocenters. The Morgan fingerprint density at radius 1 is 0.893 bits per heavy atom. The Bertz CT molecular complexity index is 959. The van der Waals surface area contributed by atoms with Gasteiger partial charge in [-0.25, -0.2) is 9.97 Å². The van der Waals surface area contributed by atoms with Crippen LogP contribution in [0.1, 0.15) is 13.8 Å². The Morgan fingerprint density at radius 2 is 1.50 bits per heavy atom. The number of hydrogen-bond donors (Lipinski definition) is 3. The van der Waals surface area contributed by atoms with E-state index in [1.54, 1.807) is 13.2 Å². The topological polar surface area (TPSA) is 88.2 Å². The third-order valence-corrected chi connectivity index (χ3v) is 3.94. The molecule has 1 aromatic heterocycles. The van der Waals surface area contributed by atoms with Crippen LogP contribution in [0, 0.1) is 5.92 Å². The summed E-state index contributed by atoms with van der Waals surface area (Å²) in [7, 11) is 1.63. The van der Waals surface area contributed by atoms with E-state index in [0.717, 1.165) is 22.8 Å². The van der Waals surface area contributed by atoms with Gasteiger partial charge >= 0.3 is 0 Å². The summed E-state index contributed by atoms with van der Waals surface area (Å²) in [6.45, 7) is 3.71. The zero-order chi connectivity index (χ0) is 19.9. The maximum absolute atomic E-state index is 11.9. The van der Waals surface area contributed by atoms with E-state index in [1.165, 1.54) is 6.33 Å². The van der Waals surface area contributed by atoms with Gasteiger partial charge < -0.3 is 20.7 Å². The zero-order valence-corrected chi connectivity index (χ0v) is 16.1. The maximum Gasteiger partial charge on any atom is 0.226 e. The van der Waals surface area contributed by atoms with Crippen LogP contribution in [0.2, 0.25) is 0 Å². The van der Waals surface area contributed by atoms with Gasteiger partial charge in [0.25, 0.3) is 0 Å². The average molecular weight is 377 g/mol. The van der Waals surface area contributed by atoms with Crippen LogP contribution < -0.4 is 20.7 Å². The molecule has 2 aromatic carbocycles. The highest BCUT2D eigenvalue weighted by Gasteiger charge is 2.08. The Labute approximate surface area is 164 Å². The number of carbonyl (C=O) groups excluding carboxylic acids is 1. The second kappa shape index (κ2) is 8.85. The highest BCUT2D eigenvalue weighted by molar-refractivity contribution is 5.92.